The molecule has 0 bridgehead atoms. The lowest BCUT2D eigenvalue weighted by Gasteiger charge is -2.29. The van der Waals surface area contributed by atoms with Crippen molar-refractivity contribution in [2.45, 2.75) is 45.7 Å². The predicted molar refractivity (Wildman–Crippen MR) is 144 cm³/mol. The van der Waals surface area contributed by atoms with Gasteiger partial charge in [0.15, 0.2) is 11.4 Å². The monoisotopic (exact) mass is 584 g/mol. The van der Waals surface area contributed by atoms with E-state index in [2.05, 4.69) is 15.1 Å². The molecule has 2 unspecified atom stereocenters. The zero-order valence-electron chi connectivity index (χ0n) is 23.1. The fourth-order valence-electron chi connectivity index (χ4n) is 5.44. The molecule has 0 radical (unpaired) electrons. The van der Waals surface area contributed by atoms with Gasteiger partial charge >= 0.3 is 0 Å². The first-order valence-electron chi connectivity index (χ1n) is 13.4. The first-order valence-corrected chi connectivity index (χ1v) is 13.4. The topological polar surface area (TPSA) is 106 Å². The molecular weight excluding hydrogens is 556 g/mol. The number of nitrogens with zero attached hydrogens (tertiary/aromatic N) is 6. The predicted octanol–water partition coefficient (Wildman–Crippen LogP) is 4.66. The molecule has 0 saturated carbocycles. The molecule has 0 aliphatic carbocycles. The minimum absolute atomic E-state index is 0.0127. The van der Waals surface area contributed by atoms with E-state index in [4.69, 9.17) is 0 Å². The minimum Gasteiger partial charge on any atom is -0.494 e. The van der Waals surface area contributed by atoms with Crippen LogP contribution < -0.4 is 5.56 Å². The first-order chi connectivity index (χ1) is 20.0. The summed E-state index contributed by atoms with van der Waals surface area (Å²) in [6.07, 6.45) is 2.81. The molecule has 1 aliphatic heterocycles. The lowest BCUT2D eigenvalue weighted by atomic mass is 9.94. The molecule has 1 aliphatic rings. The maximum atomic E-state index is 14.4. The smallest absolute Gasteiger partial charge is 0.290 e. The summed E-state index contributed by atoms with van der Waals surface area (Å²) in [7, 11) is 0. The summed E-state index contributed by atoms with van der Waals surface area (Å²) in [5.74, 6) is -6.06. The van der Waals surface area contributed by atoms with Gasteiger partial charge in [-0.15, -0.1) is 0 Å². The van der Waals surface area contributed by atoms with Crippen molar-refractivity contribution in [3.63, 3.8) is 0 Å². The molecule has 4 aromatic rings. The second-order valence-electron chi connectivity index (χ2n) is 10.5. The molecular formula is C29H28F4N6O3. The summed E-state index contributed by atoms with van der Waals surface area (Å²) in [4.78, 5) is 36.3. The van der Waals surface area contributed by atoms with E-state index in [-0.39, 0.29) is 42.3 Å². The van der Waals surface area contributed by atoms with Crippen molar-refractivity contribution >= 4 is 5.91 Å². The van der Waals surface area contributed by atoms with Crippen molar-refractivity contribution in [2.24, 2.45) is 5.92 Å². The van der Waals surface area contributed by atoms with Gasteiger partial charge in [-0.1, -0.05) is 13.8 Å². The highest BCUT2D eigenvalue weighted by molar-refractivity contribution is 5.96. The highest BCUT2D eigenvalue weighted by Gasteiger charge is 2.36. The maximum absolute atomic E-state index is 14.4. The zero-order chi connectivity index (χ0) is 30.3. The molecule has 1 saturated heterocycles. The minimum atomic E-state index is -1.03. The fourth-order valence-corrected chi connectivity index (χ4v) is 5.44. The largest absolute Gasteiger partial charge is 0.494 e. The molecule has 0 spiro atoms. The van der Waals surface area contributed by atoms with Gasteiger partial charge in [-0.25, -0.2) is 17.6 Å². The Morgan fingerprint density at radius 1 is 1.10 bits per heavy atom. The van der Waals surface area contributed by atoms with Crippen LogP contribution in [0, 0.1) is 29.2 Å². The van der Waals surface area contributed by atoms with Gasteiger partial charge in [-0.05, 0) is 43.0 Å². The third-order valence-electron chi connectivity index (χ3n) is 7.34. The second kappa shape index (κ2) is 11.4. The van der Waals surface area contributed by atoms with Crippen LogP contribution in [0.2, 0.25) is 0 Å². The summed E-state index contributed by atoms with van der Waals surface area (Å²) in [5.41, 5.74) is -1.36. The summed E-state index contributed by atoms with van der Waals surface area (Å²) in [5, 5.41) is 16.0. The molecule has 1 amide bonds. The number of benzene rings is 1. The van der Waals surface area contributed by atoms with Gasteiger partial charge in [0, 0.05) is 43.9 Å². The Bertz CT molecular complexity index is 1700. The summed E-state index contributed by atoms with van der Waals surface area (Å²) < 4.78 is 59.2. The number of halogens is 4. The van der Waals surface area contributed by atoms with Gasteiger partial charge in [0.25, 0.3) is 11.5 Å². The summed E-state index contributed by atoms with van der Waals surface area (Å²) in [6, 6.07) is 4.24. The first kappa shape index (κ1) is 29.0. The Kier molecular flexibility index (Phi) is 7.85. The zero-order valence-corrected chi connectivity index (χ0v) is 23.1. The van der Waals surface area contributed by atoms with Crippen molar-refractivity contribution in [3.05, 3.63) is 93.2 Å². The molecule has 5 rings (SSSR count). The Labute approximate surface area is 238 Å². The lowest BCUT2D eigenvalue weighted by Crippen LogP contribution is -2.35. The highest BCUT2D eigenvalue weighted by atomic mass is 19.1. The molecule has 1 N–H and O–H groups in total. The van der Waals surface area contributed by atoms with E-state index in [0.29, 0.717) is 18.7 Å². The number of aromatic hydroxyl groups is 1. The second-order valence-corrected chi connectivity index (χ2v) is 10.5. The molecule has 2 atom stereocenters. The van der Waals surface area contributed by atoms with Crippen LogP contribution in [0.15, 0.2) is 47.5 Å². The number of carbonyl (C=O) groups is 1. The van der Waals surface area contributed by atoms with Gasteiger partial charge in [-0.2, -0.15) is 10.1 Å². The number of aromatic nitrogens is 5. The van der Waals surface area contributed by atoms with Crippen LogP contribution in [-0.4, -0.2) is 53.3 Å². The average molecular weight is 585 g/mol. The Morgan fingerprint density at radius 2 is 1.81 bits per heavy atom. The van der Waals surface area contributed by atoms with Crippen molar-refractivity contribution in [1.29, 1.82) is 0 Å². The Morgan fingerprint density at radius 3 is 2.43 bits per heavy atom. The van der Waals surface area contributed by atoms with Crippen LogP contribution in [0.1, 0.15) is 60.8 Å². The fraction of sp³-hybridized carbons (Fsp3) is 0.345. The van der Waals surface area contributed by atoms with Crippen molar-refractivity contribution in [2.75, 3.05) is 13.1 Å². The molecule has 42 heavy (non-hydrogen) atoms. The van der Waals surface area contributed by atoms with Crippen LogP contribution in [0.4, 0.5) is 17.6 Å². The molecule has 13 heteroatoms. The standard InChI is InChI=1S/C29H28F4N6O3/c1-4-38-8-6-22(36-38)26-35-27(40)23(28(41)37-7-5-16(14-37)24-21(33)12-20(32)13-34-24)29(42)39(26)25(15(2)3)17-9-18(30)11-19(31)10-17/h6,8-13,15-16,25,42H,4-5,7,14H2,1-3H3. The number of hydrogen-bond acceptors (Lipinski definition) is 6. The van der Waals surface area contributed by atoms with E-state index in [1.807, 2.05) is 6.92 Å². The number of hydrogen-bond donors (Lipinski definition) is 1. The molecule has 1 aromatic carbocycles. The maximum Gasteiger partial charge on any atom is 0.290 e. The Balaban J connectivity index is 1.63. The normalized spacial score (nSPS) is 15.9. The summed E-state index contributed by atoms with van der Waals surface area (Å²) >= 11 is 0. The third kappa shape index (κ3) is 5.38. The van der Waals surface area contributed by atoms with Crippen LogP contribution in [0.3, 0.4) is 0 Å². The molecule has 220 valence electrons. The average Bonchev–Trinajstić information content (AvgIpc) is 3.59. The van der Waals surface area contributed by atoms with Gasteiger partial charge in [0.05, 0.1) is 17.9 Å². The Hall–Kier alpha value is -4.55. The van der Waals surface area contributed by atoms with Gasteiger partial charge in [0.2, 0.25) is 5.88 Å². The van der Waals surface area contributed by atoms with Crippen LogP contribution in [0.25, 0.3) is 11.5 Å². The number of rotatable bonds is 7. The van der Waals surface area contributed by atoms with Crippen LogP contribution >= 0.6 is 0 Å². The van der Waals surface area contributed by atoms with Crippen molar-refractivity contribution in [3.8, 4) is 17.4 Å². The van der Waals surface area contributed by atoms with Crippen molar-refractivity contribution in [1.82, 2.24) is 29.2 Å². The number of carbonyl (C=O) groups excluding carboxylic acids is 1. The molecule has 4 heterocycles. The van der Waals surface area contributed by atoms with E-state index in [1.165, 1.54) is 9.47 Å². The number of likely N-dealkylation sites (tertiary alicyclic amines) is 1. The quantitative estimate of drug-likeness (QED) is 0.317. The third-order valence-corrected chi connectivity index (χ3v) is 7.34. The van der Waals surface area contributed by atoms with Gasteiger partial charge < -0.3 is 10.0 Å². The van der Waals surface area contributed by atoms with Crippen LogP contribution in [-0.2, 0) is 6.54 Å². The van der Waals surface area contributed by atoms with E-state index in [9.17, 15) is 32.3 Å². The molecule has 3 aromatic heterocycles. The van der Waals surface area contributed by atoms with Gasteiger partial charge in [0.1, 0.15) is 29.0 Å². The van der Waals surface area contributed by atoms with E-state index < -0.39 is 64.1 Å². The van der Waals surface area contributed by atoms with E-state index >= 15 is 0 Å². The van der Waals surface area contributed by atoms with E-state index in [1.54, 1.807) is 30.8 Å². The van der Waals surface area contributed by atoms with E-state index in [0.717, 1.165) is 18.3 Å². The van der Waals surface area contributed by atoms with Crippen molar-refractivity contribution < 1.29 is 27.5 Å². The highest BCUT2D eigenvalue weighted by Crippen LogP contribution is 2.37. The molecule has 1 fully saturated rings. The lowest BCUT2D eigenvalue weighted by molar-refractivity contribution is 0.0783. The van der Waals surface area contributed by atoms with Crippen LogP contribution in [0.5, 0.6) is 5.88 Å². The number of pyridine rings is 1. The molecule has 9 nitrogen and oxygen atoms in total. The SMILES string of the molecule is CCn1ccc(-c2nc(=O)c(C(=O)N3CCC(c4ncc(F)cc4F)C3)c(O)n2C(c2cc(F)cc(F)c2)C(C)C)n1. The number of aryl methyl sites for hydroxylation is 1. The summed E-state index contributed by atoms with van der Waals surface area (Å²) in [6.45, 7) is 5.89. The number of amides is 1. The van der Waals surface area contributed by atoms with Gasteiger partial charge in [-0.3, -0.25) is 23.8 Å².